The summed E-state index contributed by atoms with van der Waals surface area (Å²) in [6.45, 7) is 4.21. The van der Waals surface area contributed by atoms with Crippen LogP contribution < -0.4 is 15.0 Å². The van der Waals surface area contributed by atoms with Gasteiger partial charge in [-0.1, -0.05) is 41.7 Å². The van der Waals surface area contributed by atoms with E-state index in [4.69, 9.17) is 4.74 Å². The lowest BCUT2D eigenvalue weighted by Crippen LogP contribution is -2.64. The molecule has 2 aliphatic heterocycles. The van der Waals surface area contributed by atoms with Crippen molar-refractivity contribution < 1.29 is 9.53 Å². The van der Waals surface area contributed by atoms with E-state index in [-0.39, 0.29) is 11.9 Å². The fraction of sp³-hybridized carbons (Fsp3) is 0.273. The highest BCUT2D eigenvalue weighted by atomic mass is 32.1. The second-order valence-electron chi connectivity index (χ2n) is 7.16. The molecule has 2 aromatic carbocycles. The SMILES string of the molecule is O=C1[C@H]2CNCCN2CCN1c1cnc(-c2ccccc2Oc2ccccc2)s1. The van der Waals surface area contributed by atoms with Crippen LogP contribution in [0.3, 0.4) is 0 Å². The standard InChI is InChI=1S/C22H22N4O2S/c27-22-18-14-23-10-11-25(18)12-13-26(22)20-15-24-21(29-20)17-8-4-5-9-19(17)28-16-6-2-1-3-7-16/h1-9,15,18,23H,10-14H2/t18-/m1/s1. The van der Waals surface area contributed by atoms with Crippen molar-refractivity contribution in [3.63, 3.8) is 0 Å². The van der Waals surface area contributed by atoms with E-state index in [1.54, 1.807) is 0 Å². The predicted octanol–water partition coefficient (Wildman–Crippen LogP) is 3.22. The van der Waals surface area contributed by atoms with Crippen molar-refractivity contribution in [2.45, 2.75) is 6.04 Å². The highest BCUT2D eigenvalue weighted by Crippen LogP contribution is 2.38. The second-order valence-corrected chi connectivity index (χ2v) is 8.17. The molecule has 1 amide bonds. The van der Waals surface area contributed by atoms with E-state index in [0.717, 1.165) is 53.3 Å². The summed E-state index contributed by atoms with van der Waals surface area (Å²) in [5.74, 6) is 1.70. The lowest BCUT2D eigenvalue weighted by Gasteiger charge is -2.42. The molecule has 5 rings (SSSR count). The van der Waals surface area contributed by atoms with Crippen molar-refractivity contribution in [3.8, 4) is 22.1 Å². The van der Waals surface area contributed by atoms with Gasteiger partial charge in [0.05, 0.1) is 11.8 Å². The van der Waals surface area contributed by atoms with Crippen LogP contribution in [0.5, 0.6) is 11.5 Å². The van der Waals surface area contributed by atoms with Crippen molar-refractivity contribution in [2.24, 2.45) is 0 Å². The third-order valence-electron chi connectivity index (χ3n) is 5.36. The number of carbonyl (C=O) groups is 1. The summed E-state index contributed by atoms with van der Waals surface area (Å²) in [5, 5.41) is 5.07. The van der Waals surface area contributed by atoms with Crippen LogP contribution in [0.4, 0.5) is 5.00 Å². The normalized spacial score (nSPS) is 19.8. The largest absolute Gasteiger partial charge is 0.457 e. The molecule has 2 fully saturated rings. The molecule has 6 nitrogen and oxygen atoms in total. The Morgan fingerprint density at radius 2 is 1.86 bits per heavy atom. The lowest BCUT2D eigenvalue weighted by atomic mass is 10.1. The fourth-order valence-corrected chi connectivity index (χ4v) is 4.84. The van der Waals surface area contributed by atoms with Gasteiger partial charge in [0.1, 0.15) is 27.5 Å². The molecule has 148 valence electrons. The summed E-state index contributed by atoms with van der Waals surface area (Å²) in [6, 6.07) is 17.5. The summed E-state index contributed by atoms with van der Waals surface area (Å²) < 4.78 is 6.08. The molecular weight excluding hydrogens is 384 g/mol. The highest BCUT2D eigenvalue weighted by Gasteiger charge is 2.37. The number of amides is 1. The topological polar surface area (TPSA) is 57.7 Å². The van der Waals surface area contributed by atoms with Gasteiger partial charge < -0.3 is 10.1 Å². The molecule has 7 heteroatoms. The van der Waals surface area contributed by atoms with Gasteiger partial charge in [-0.15, -0.1) is 0 Å². The molecule has 0 bridgehead atoms. The van der Waals surface area contributed by atoms with E-state index < -0.39 is 0 Å². The highest BCUT2D eigenvalue weighted by molar-refractivity contribution is 7.19. The number of aromatic nitrogens is 1. The monoisotopic (exact) mass is 406 g/mol. The van der Waals surface area contributed by atoms with E-state index in [0.29, 0.717) is 6.54 Å². The number of hydrogen-bond acceptors (Lipinski definition) is 6. The van der Waals surface area contributed by atoms with Crippen molar-refractivity contribution in [1.29, 1.82) is 0 Å². The molecular formula is C22H22N4O2S. The number of carbonyl (C=O) groups excluding carboxylic acids is 1. The molecule has 1 N–H and O–H groups in total. The molecule has 0 aliphatic carbocycles. The summed E-state index contributed by atoms with van der Waals surface area (Å²) in [6.07, 6.45) is 1.81. The predicted molar refractivity (Wildman–Crippen MR) is 115 cm³/mol. The van der Waals surface area contributed by atoms with Crippen LogP contribution in [0.2, 0.25) is 0 Å². The van der Waals surface area contributed by atoms with Gasteiger partial charge in [-0.05, 0) is 24.3 Å². The van der Waals surface area contributed by atoms with E-state index in [9.17, 15) is 4.79 Å². The first kappa shape index (κ1) is 18.3. The van der Waals surface area contributed by atoms with Crippen LogP contribution in [0, 0.1) is 0 Å². The van der Waals surface area contributed by atoms with Crippen LogP contribution in [0.15, 0.2) is 60.8 Å². The van der Waals surface area contributed by atoms with E-state index in [1.807, 2.05) is 65.7 Å². The molecule has 0 spiro atoms. The molecule has 0 radical (unpaired) electrons. The van der Waals surface area contributed by atoms with Gasteiger partial charge in [-0.25, -0.2) is 4.98 Å². The first-order valence-electron chi connectivity index (χ1n) is 9.84. The van der Waals surface area contributed by atoms with E-state index >= 15 is 0 Å². The van der Waals surface area contributed by atoms with Gasteiger partial charge in [-0.3, -0.25) is 14.6 Å². The number of hydrogen-bond donors (Lipinski definition) is 1. The molecule has 3 heterocycles. The molecule has 29 heavy (non-hydrogen) atoms. The van der Waals surface area contributed by atoms with Gasteiger partial charge in [0.25, 0.3) is 0 Å². The van der Waals surface area contributed by atoms with Crippen molar-refractivity contribution in [3.05, 3.63) is 60.8 Å². The maximum Gasteiger partial charge on any atom is 0.246 e. The van der Waals surface area contributed by atoms with Crippen molar-refractivity contribution in [1.82, 2.24) is 15.2 Å². The minimum absolute atomic E-state index is 0.0725. The Morgan fingerprint density at radius 1 is 1.03 bits per heavy atom. The first-order valence-corrected chi connectivity index (χ1v) is 10.7. The first-order chi connectivity index (χ1) is 14.3. The minimum atomic E-state index is -0.0725. The number of fused-ring (bicyclic) bond motifs is 1. The van der Waals surface area contributed by atoms with Gasteiger partial charge in [0.15, 0.2) is 0 Å². The molecule has 2 aliphatic rings. The maximum atomic E-state index is 13.0. The second kappa shape index (κ2) is 7.94. The van der Waals surface area contributed by atoms with Gasteiger partial charge in [0.2, 0.25) is 5.91 Å². The zero-order chi connectivity index (χ0) is 19.6. The van der Waals surface area contributed by atoms with Crippen LogP contribution in [-0.4, -0.2) is 54.6 Å². The number of benzene rings is 2. The smallest absolute Gasteiger partial charge is 0.246 e. The molecule has 0 saturated carbocycles. The number of ether oxygens (including phenoxy) is 1. The Bertz CT molecular complexity index is 1010. The summed E-state index contributed by atoms with van der Waals surface area (Å²) in [7, 11) is 0. The average molecular weight is 407 g/mol. The Morgan fingerprint density at radius 3 is 2.76 bits per heavy atom. The van der Waals surface area contributed by atoms with E-state index in [2.05, 4.69) is 15.2 Å². The Balaban J connectivity index is 1.40. The van der Waals surface area contributed by atoms with E-state index in [1.165, 1.54) is 11.3 Å². The molecule has 0 unspecified atom stereocenters. The Kier molecular flexibility index (Phi) is 5.01. The quantitative estimate of drug-likeness (QED) is 0.721. The molecule has 2 saturated heterocycles. The lowest BCUT2D eigenvalue weighted by molar-refractivity contribution is -0.126. The zero-order valence-electron chi connectivity index (χ0n) is 16.0. The van der Waals surface area contributed by atoms with Crippen molar-refractivity contribution >= 4 is 22.2 Å². The number of rotatable bonds is 4. The van der Waals surface area contributed by atoms with Crippen molar-refractivity contribution in [2.75, 3.05) is 37.6 Å². The van der Waals surface area contributed by atoms with Gasteiger partial charge >= 0.3 is 0 Å². The Hall–Kier alpha value is -2.74. The van der Waals surface area contributed by atoms with Crippen LogP contribution in [-0.2, 0) is 4.79 Å². The third kappa shape index (κ3) is 3.64. The van der Waals surface area contributed by atoms with Gasteiger partial charge in [0, 0.05) is 32.7 Å². The number of anilines is 1. The number of thiazole rings is 1. The molecule has 1 atom stereocenters. The summed E-state index contributed by atoms with van der Waals surface area (Å²) >= 11 is 1.54. The van der Waals surface area contributed by atoms with Crippen LogP contribution in [0.25, 0.3) is 10.6 Å². The van der Waals surface area contributed by atoms with Crippen LogP contribution in [0.1, 0.15) is 0 Å². The summed E-state index contributed by atoms with van der Waals surface area (Å²) in [4.78, 5) is 21.8. The zero-order valence-corrected chi connectivity index (χ0v) is 16.8. The van der Waals surface area contributed by atoms with Gasteiger partial charge in [-0.2, -0.15) is 0 Å². The number of para-hydroxylation sites is 2. The molecule has 3 aromatic rings. The van der Waals surface area contributed by atoms with Crippen LogP contribution >= 0.6 is 11.3 Å². The number of nitrogens with one attached hydrogen (secondary N) is 1. The minimum Gasteiger partial charge on any atom is -0.457 e. The average Bonchev–Trinajstić information content (AvgIpc) is 3.25. The summed E-state index contributed by atoms with van der Waals surface area (Å²) in [5.41, 5.74) is 0.929. The number of nitrogens with zero attached hydrogens (tertiary/aromatic N) is 3. The number of piperazine rings is 2. The fourth-order valence-electron chi connectivity index (χ4n) is 3.86. The maximum absolute atomic E-state index is 13.0. The third-order valence-corrected chi connectivity index (χ3v) is 6.42. The molecule has 1 aromatic heterocycles. The Labute approximate surface area is 173 Å².